The van der Waals surface area contributed by atoms with Gasteiger partial charge in [-0.2, -0.15) is 13.2 Å². The zero-order valence-electron chi connectivity index (χ0n) is 14.1. The monoisotopic (exact) mass is 360 g/mol. The summed E-state index contributed by atoms with van der Waals surface area (Å²) >= 11 is 0. The first-order chi connectivity index (χ1) is 12.5. The first-order valence-electron chi connectivity index (χ1n) is 8.17. The molecule has 2 rings (SSSR count). The summed E-state index contributed by atoms with van der Waals surface area (Å²) in [6.45, 7) is 0.474. The van der Waals surface area contributed by atoms with Gasteiger partial charge in [-0.3, -0.25) is 0 Å². The Bertz CT molecular complexity index is 777. The fraction of sp³-hybridized carbons (Fsp3) is 0.250. The van der Waals surface area contributed by atoms with Crippen LogP contribution < -0.4 is 10.6 Å². The molecule has 0 fully saturated rings. The van der Waals surface area contributed by atoms with Gasteiger partial charge < -0.3 is 10.6 Å². The number of carbonyl (C=O) groups excluding carboxylic acids is 1. The lowest BCUT2D eigenvalue weighted by molar-refractivity contribution is -0.137. The van der Waals surface area contributed by atoms with Gasteiger partial charge in [0, 0.05) is 12.1 Å². The maximum absolute atomic E-state index is 12.8. The largest absolute Gasteiger partial charge is 0.417 e. The number of rotatable bonds is 5. The van der Waals surface area contributed by atoms with Crippen LogP contribution in [-0.2, 0) is 12.6 Å². The number of hydrogen-bond donors (Lipinski definition) is 2. The van der Waals surface area contributed by atoms with Crippen LogP contribution in [0.2, 0.25) is 0 Å². The summed E-state index contributed by atoms with van der Waals surface area (Å²) in [7, 11) is 0. The minimum atomic E-state index is -4.45. The van der Waals surface area contributed by atoms with Gasteiger partial charge in [0.1, 0.15) is 0 Å². The van der Waals surface area contributed by atoms with Crippen LogP contribution >= 0.6 is 0 Å². The van der Waals surface area contributed by atoms with Crippen molar-refractivity contribution in [2.24, 2.45) is 0 Å². The summed E-state index contributed by atoms with van der Waals surface area (Å²) < 4.78 is 38.5. The molecule has 2 aromatic carbocycles. The molecule has 0 aromatic heterocycles. The highest BCUT2D eigenvalue weighted by atomic mass is 19.4. The SMILES string of the molecule is O=C(NCC#Cc1ccccc1C(F)(F)F)NCCCc1ccccc1. The minimum absolute atomic E-state index is 0.0310. The molecule has 26 heavy (non-hydrogen) atoms. The van der Waals surface area contributed by atoms with Gasteiger partial charge in [-0.25, -0.2) is 4.79 Å². The van der Waals surface area contributed by atoms with E-state index in [0.717, 1.165) is 18.9 Å². The molecule has 3 nitrogen and oxygen atoms in total. The fourth-order valence-electron chi connectivity index (χ4n) is 2.30. The van der Waals surface area contributed by atoms with E-state index in [-0.39, 0.29) is 12.1 Å². The van der Waals surface area contributed by atoms with Crippen LogP contribution in [0.1, 0.15) is 23.1 Å². The lowest BCUT2D eigenvalue weighted by atomic mass is 10.1. The third-order valence-electron chi connectivity index (χ3n) is 3.56. The quantitative estimate of drug-likeness (QED) is 0.614. The van der Waals surface area contributed by atoms with Crippen molar-refractivity contribution in [1.82, 2.24) is 10.6 Å². The number of nitrogens with one attached hydrogen (secondary N) is 2. The van der Waals surface area contributed by atoms with Gasteiger partial charge in [-0.1, -0.05) is 54.3 Å². The Morgan fingerprint density at radius 2 is 1.65 bits per heavy atom. The average Bonchev–Trinajstić information content (AvgIpc) is 2.63. The van der Waals surface area contributed by atoms with Crippen LogP contribution in [-0.4, -0.2) is 19.1 Å². The van der Waals surface area contributed by atoms with Crippen LogP contribution in [0.3, 0.4) is 0 Å². The van der Waals surface area contributed by atoms with Crippen molar-refractivity contribution in [3.63, 3.8) is 0 Å². The second-order valence-corrected chi connectivity index (χ2v) is 5.54. The summed E-state index contributed by atoms with van der Waals surface area (Å²) in [6.07, 6.45) is -2.80. The van der Waals surface area contributed by atoms with Gasteiger partial charge in [0.15, 0.2) is 0 Å². The van der Waals surface area contributed by atoms with Crippen molar-refractivity contribution in [1.29, 1.82) is 0 Å². The second-order valence-electron chi connectivity index (χ2n) is 5.54. The van der Waals surface area contributed by atoms with Gasteiger partial charge in [0.05, 0.1) is 12.1 Å². The lowest BCUT2D eigenvalue weighted by Gasteiger charge is -2.08. The van der Waals surface area contributed by atoms with E-state index >= 15 is 0 Å². The van der Waals surface area contributed by atoms with Gasteiger partial charge in [0.2, 0.25) is 0 Å². The summed E-state index contributed by atoms with van der Waals surface area (Å²) in [5.41, 5.74) is 0.312. The Kier molecular flexibility index (Phi) is 7.10. The predicted molar refractivity (Wildman–Crippen MR) is 94.5 cm³/mol. The number of alkyl halides is 3. The van der Waals surface area contributed by atoms with E-state index in [1.807, 2.05) is 30.3 Å². The third-order valence-corrected chi connectivity index (χ3v) is 3.56. The molecular weight excluding hydrogens is 341 g/mol. The molecule has 0 aliphatic heterocycles. The van der Waals surface area contributed by atoms with Crippen LogP contribution in [0.15, 0.2) is 54.6 Å². The van der Waals surface area contributed by atoms with Crippen molar-refractivity contribution in [2.45, 2.75) is 19.0 Å². The maximum Gasteiger partial charge on any atom is 0.417 e. The molecule has 0 unspecified atom stereocenters. The number of hydrogen-bond acceptors (Lipinski definition) is 1. The molecule has 0 saturated carbocycles. The predicted octanol–water partition coefficient (Wildman–Crippen LogP) is 3.99. The smallest absolute Gasteiger partial charge is 0.338 e. The maximum atomic E-state index is 12.8. The van der Waals surface area contributed by atoms with Crippen molar-refractivity contribution in [3.8, 4) is 11.8 Å². The van der Waals surface area contributed by atoms with Gasteiger partial charge >= 0.3 is 12.2 Å². The van der Waals surface area contributed by atoms with Crippen molar-refractivity contribution < 1.29 is 18.0 Å². The Balaban J connectivity index is 1.72. The van der Waals surface area contributed by atoms with Gasteiger partial charge in [0.25, 0.3) is 0 Å². The number of aryl methyl sites for hydroxylation is 1. The number of carbonyl (C=O) groups is 1. The van der Waals surface area contributed by atoms with E-state index in [1.165, 1.54) is 23.8 Å². The molecule has 2 N–H and O–H groups in total. The summed E-state index contributed by atoms with van der Waals surface area (Å²) in [5, 5.41) is 5.19. The van der Waals surface area contributed by atoms with Crippen molar-refractivity contribution in [2.75, 3.05) is 13.1 Å². The zero-order chi connectivity index (χ0) is 18.8. The molecule has 0 spiro atoms. The Morgan fingerprint density at radius 1 is 0.962 bits per heavy atom. The standard InChI is InChI=1S/C20H19F3N2O/c21-20(22,23)18-13-5-4-11-17(18)12-7-15-25-19(26)24-14-6-10-16-8-2-1-3-9-16/h1-5,8-9,11,13H,6,10,14-15H2,(H2,24,25,26). The molecule has 0 radical (unpaired) electrons. The highest BCUT2D eigenvalue weighted by Crippen LogP contribution is 2.31. The molecule has 6 heteroatoms. The molecule has 0 aliphatic rings. The van der Waals surface area contributed by atoms with E-state index in [0.29, 0.717) is 6.54 Å². The average molecular weight is 360 g/mol. The van der Waals surface area contributed by atoms with Crippen molar-refractivity contribution in [3.05, 3.63) is 71.3 Å². The number of benzene rings is 2. The van der Waals surface area contributed by atoms with Crippen LogP contribution in [0.5, 0.6) is 0 Å². The zero-order valence-corrected chi connectivity index (χ0v) is 14.1. The van der Waals surface area contributed by atoms with Crippen LogP contribution in [0.4, 0.5) is 18.0 Å². The van der Waals surface area contributed by atoms with E-state index < -0.39 is 17.8 Å². The van der Waals surface area contributed by atoms with Gasteiger partial charge in [-0.15, -0.1) is 0 Å². The Hall–Kier alpha value is -2.94. The highest BCUT2D eigenvalue weighted by Gasteiger charge is 2.32. The van der Waals surface area contributed by atoms with Crippen LogP contribution in [0, 0.1) is 11.8 Å². The molecule has 0 atom stereocenters. The molecule has 2 aromatic rings. The topological polar surface area (TPSA) is 41.1 Å². The van der Waals surface area contributed by atoms with E-state index in [9.17, 15) is 18.0 Å². The minimum Gasteiger partial charge on any atom is -0.338 e. The number of amides is 2. The molecule has 0 bridgehead atoms. The third kappa shape index (κ3) is 6.52. The Labute approximate surface area is 150 Å². The Morgan fingerprint density at radius 3 is 2.38 bits per heavy atom. The summed E-state index contributed by atoms with van der Waals surface area (Å²) in [4.78, 5) is 11.6. The molecular formula is C20H19F3N2O. The molecule has 136 valence electrons. The summed E-state index contributed by atoms with van der Waals surface area (Å²) in [5.74, 6) is 4.99. The van der Waals surface area contributed by atoms with E-state index in [1.54, 1.807) is 0 Å². The fourth-order valence-corrected chi connectivity index (χ4v) is 2.30. The van der Waals surface area contributed by atoms with Crippen molar-refractivity contribution >= 4 is 6.03 Å². The first kappa shape index (κ1) is 19.4. The second kappa shape index (κ2) is 9.52. The molecule has 0 heterocycles. The molecule has 2 amide bonds. The summed E-state index contributed by atoms with van der Waals surface area (Å²) in [6, 6.07) is 14.6. The normalized spacial score (nSPS) is 10.6. The lowest BCUT2D eigenvalue weighted by Crippen LogP contribution is -2.36. The van der Waals surface area contributed by atoms with Crippen LogP contribution in [0.25, 0.3) is 0 Å². The number of halogens is 3. The van der Waals surface area contributed by atoms with Gasteiger partial charge in [-0.05, 0) is 30.5 Å². The molecule has 0 saturated heterocycles. The van der Waals surface area contributed by atoms with E-state index in [4.69, 9.17) is 0 Å². The number of urea groups is 1. The first-order valence-corrected chi connectivity index (χ1v) is 8.17. The highest BCUT2D eigenvalue weighted by molar-refractivity contribution is 5.74. The van der Waals surface area contributed by atoms with E-state index in [2.05, 4.69) is 22.5 Å². The molecule has 0 aliphatic carbocycles.